The van der Waals surface area contributed by atoms with Crippen molar-refractivity contribution in [2.45, 2.75) is 25.7 Å². The van der Waals surface area contributed by atoms with Crippen LogP contribution in [-0.2, 0) is 4.79 Å². The second kappa shape index (κ2) is 5.73. The highest BCUT2D eigenvalue weighted by Crippen LogP contribution is 2.48. The van der Waals surface area contributed by atoms with Crippen LogP contribution in [0.3, 0.4) is 0 Å². The number of nitrogens with one attached hydrogen (secondary N) is 1. The van der Waals surface area contributed by atoms with Gasteiger partial charge in [0.05, 0.1) is 5.69 Å². The van der Waals surface area contributed by atoms with Crippen molar-refractivity contribution < 1.29 is 9.53 Å². The second-order valence-electron chi connectivity index (χ2n) is 5.97. The Labute approximate surface area is 119 Å². The van der Waals surface area contributed by atoms with Crippen LogP contribution >= 0.6 is 0 Å². The van der Waals surface area contributed by atoms with Gasteiger partial charge in [-0.1, -0.05) is 12.1 Å². The summed E-state index contributed by atoms with van der Waals surface area (Å²) in [5.41, 5.74) is 6.33. The van der Waals surface area contributed by atoms with Crippen molar-refractivity contribution in [1.82, 2.24) is 5.32 Å². The van der Waals surface area contributed by atoms with Crippen LogP contribution in [0.4, 0.5) is 5.69 Å². The molecule has 0 spiro atoms. The average molecular weight is 274 g/mol. The maximum Gasteiger partial charge on any atom is 0.257 e. The first kappa shape index (κ1) is 13.3. The number of carbonyl (C=O) groups excluding carboxylic acids is 1. The van der Waals surface area contributed by atoms with Gasteiger partial charge in [0.2, 0.25) is 0 Å². The lowest BCUT2D eigenvalue weighted by Gasteiger charge is -2.16. The van der Waals surface area contributed by atoms with E-state index in [0.717, 1.165) is 18.4 Å². The van der Waals surface area contributed by atoms with E-state index >= 15 is 0 Å². The third-order valence-electron chi connectivity index (χ3n) is 4.27. The zero-order valence-corrected chi connectivity index (χ0v) is 11.7. The summed E-state index contributed by atoms with van der Waals surface area (Å²) in [6.45, 7) is 0.845. The first-order chi connectivity index (χ1) is 9.74. The van der Waals surface area contributed by atoms with Crippen molar-refractivity contribution in [3.8, 4) is 5.75 Å². The fraction of sp³-hybridized carbons (Fsp3) is 0.562. The smallest absolute Gasteiger partial charge is 0.257 e. The van der Waals surface area contributed by atoms with E-state index < -0.39 is 0 Å². The molecule has 2 aliphatic rings. The highest BCUT2D eigenvalue weighted by molar-refractivity contribution is 5.77. The molecule has 3 N–H and O–H groups in total. The molecule has 2 fully saturated rings. The normalized spacial score (nSPS) is 18.1. The second-order valence-corrected chi connectivity index (χ2v) is 5.97. The van der Waals surface area contributed by atoms with Crippen LogP contribution in [-0.4, -0.2) is 19.1 Å². The summed E-state index contributed by atoms with van der Waals surface area (Å²) in [5.74, 6) is 2.92. The molecule has 108 valence electrons. The summed E-state index contributed by atoms with van der Waals surface area (Å²) >= 11 is 0. The van der Waals surface area contributed by atoms with Gasteiger partial charge in [-0.05, 0) is 55.6 Å². The number of anilines is 1. The molecular formula is C16H22N2O2. The molecule has 1 amide bonds. The van der Waals surface area contributed by atoms with Crippen LogP contribution in [0.1, 0.15) is 25.7 Å². The van der Waals surface area contributed by atoms with Gasteiger partial charge in [-0.3, -0.25) is 4.79 Å². The number of para-hydroxylation sites is 2. The molecule has 2 aliphatic carbocycles. The van der Waals surface area contributed by atoms with E-state index in [1.807, 2.05) is 12.1 Å². The van der Waals surface area contributed by atoms with Gasteiger partial charge in [0.1, 0.15) is 5.75 Å². The standard InChI is InChI=1S/C16H22N2O2/c17-14-3-1-2-4-15(14)20-10-16(19)18-9-13(11-5-6-11)12-7-8-12/h1-4,11-13H,5-10,17H2,(H,18,19). The Balaban J connectivity index is 1.42. The van der Waals surface area contributed by atoms with E-state index in [9.17, 15) is 4.79 Å². The molecular weight excluding hydrogens is 252 g/mol. The van der Waals surface area contributed by atoms with Gasteiger partial charge in [0.25, 0.3) is 5.91 Å². The molecule has 0 aromatic heterocycles. The molecule has 20 heavy (non-hydrogen) atoms. The van der Waals surface area contributed by atoms with E-state index in [4.69, 9.17) is 10.5 Å². The molecule has 4 heteroatoms. The average Bonchev–Trinajstić information content (AvgIpc) is 3.31. The number of amides is 1. The van der Waals surface area contributed by atoms with Crippen molar-refractivity contribution in [1.29, 1.82) is 0 Å². The lowest BCUT2D eigenvalue weighted by atomic mass is 9.98. The highest BCUT2D eigenvalue weighted by atomic mass is 16.5. The van der Waals surface area contributed by atoms with Crippen molar-refractivity contribution in [3.05, 3.63) is 24.3 Å². The van der Waals surface area contributed by atoms with Crippen LogP contribution in [0.2, 0.25) is 0 Å². The number of carbonyl (C=O) groups is 1. The third-order valence-corrected chi connectivity index (χ3v) is 4.27. The first-order valence-electron chi connectivity index (χ1n) is 7.48. The van der Waals surface area contributed by atoms with Gasteiger partial charge < -0.3 is 15.8 Å². The zero-order valence-electron chi connectivity index (χ0n) is 11.7. The van der Waals surface area contributed by atoms with Crippen molar-refractivity contribution in [3.63, 3.8) is 0 Å². The first-order valence-corrected chi connectivity index (χ1v) is 7.48. The molecule has 1 aromatic rings. The van der Waals surface area contributed by atoms with Crippen LogP contribution in [0.5, 0.6) is 5.75 Å². The molecule has 0 heterocycles. The van der Waals surface area contributed by atoms with Crippen molar-refractivity contribution in [2.75, 3.05) is 18.9 Å². The van der Waals surface area contributed by atoms with Gasteiger partial charge >= 0.3 is 0 Å². The van der Waals surface area contributed by atoms with Gasteiger partial charge in [-0.2, -0.15) is 0 Å². The Morgan fingerprint density at radius 2 is 1.90 bits per heavy atom. The van der Waals surface area contributed by atoms with Gasteiger partial charge in [-0.25, -0.2) is 0 Å². The molecule has 0 radical (unpaired) electrons. The Kier molecular flexibility index (Phi) is 3.81. The molecule has 0 aliphatic heterocycles. The van der Waals surface area contributed by atoms with E-state index in [1.54, 1.807) is 12.1 Å². The summed E-state index contributed by atoms with van der Waals surface area (Å²) in [6, 6.07) is 7.24. The minimum absolute atomic E-state index is 0.0380. The van der Waals surface area contributed by atoms with Crippen LogP contribution in [0, 0.1) is 17.8 Å². The quantitative estimate of drug-likeness (QED) is 0.749. The van der Waals surface area contributed by atoms with Crippen LogP contribution in [0.15, 0.2) is 24.3 Å². The molecule has 4 nitrogen and oxygen atoms in total. The lowest BCUT2D eigenvalue weighted by molar-refractivity contribution is -0.123. The van der Waals surface area contributed by atoms with Crippen LogP contribution < -0.4 is 15.8 Å². The number of nitrogen functional groups attached to an aromatic ring is 1. The summed E-state index contributed by atoms with van der Waals surface area (Å²) in [7, 11) is 0. The summed E-state index contributed by atoms with van der Waals surface area (Å²) < 4.78 is 5.45. The third kappa shape index (κ3) is 3.44. The number of nitrogens with two attached hydrogens (primary N) is 1. The number of benzene rings is 1. The van der Waals surface area contributed by atoms with E-state index in [2.05, 4.69) is 5.32 Å². The lowest BCUT2D eigenvalue weighted by Crippen LogP contribution is -2.34. The number of ether oxygens (including phenoxy) is 1. The number of rotatable bonds is 7. The fourth-order valence-electron chi connectivity index (χ4n) is 2.80. The molecule has 1 aromatic carbocycles. The predicted molar refractivity (Wildman–Crippen MR) is 78.3 cm³/mol. The zero-order chi connectivity index (χ0) is 13.9. The van der Waals surface area contributed by atoms with Gasteiger partial charge in [-0.15, -0.1) is 0 Å². The molecule has 0 saturated heterocycles. The Hall–Kier alpha value is -1.71. The Morgan fingerprint density at radius 1 is 1.25 bits per heavy atom. The van der Waals surface area contributed by atoms with Crippen molar-refractivity contribution in [2.24, 2.45) is 17.8 Å². The van der Waals surface area contributed by atoms with Crippen molar-refractivity contribution >= 4 is 11.6 Å². The molecule has 3 rings (SSSR count). The Bertz CT molecular complexity index is 469. The fourth-order valence-corrected chi connectivity index (χ4v) is 2.80. The molecule has 0 unspecified atom stereocenters. The minimum Gasteiger partial charge on any atom is -0.482 e. The summed E-state index contributed by atoms with van der Waals surface area (Å²) in [5, 5.41) is 3.01. The summed E-state index contributed by atoms with van der Waals surface area (Å²) in [4.78, 5) is 11.8. The molecule has 0 bridgehead atoms. The SMILES string of the molecule is Nc1ccccc1OCC(=O)NCC(C1CC1)C1CC1. The van der Waals surface area contributed by atoms with E-state index in [1.165, 1.54) is 25.7 Å². The largest absolute Gasteiger partial charge is 0.482 e. The van der Waals surface area contributed by atoms with Gasteiger partial charge in [0.15, 0.2) is 6.61 Å². The molecule has 2 saturated carbocycles. The number of hydrogen-bond donors (Lipinski definition) is 2. The van der Waals surface area contributed by atoms with Crippen LogP contribution in [0.25, 0.3) is 0 Å². The van der Waals surface area contributed by atoms with E-state index in [0.29, 0.717) is 17.4 Å². The highest BCUT2D eigenvalue weighted by Gasteiger charge is 2.41. The number of hydrogen-bond acceptors (Lipinski definition) is 3. The summed E-state index contributed by atoms with van der Waals surface area (Å²) in [6.07, 6.45) is 5.37. The maximum atomic E-state index is 11.8. The van der Waals surface area contributed by atoms with Gasteiger partial charge in [0, 0.05) is 6.54 Å². The molecule has 0 atom stereocenters. The van der Waals surface area contributed by atoms with E-state index in [-0.39, 0.29) is 12.5 Å². The predicted octanol–water partition coefficient (Wildman–Crippen LogP) is 2.20. The topological polar surface area (TPSA) is 64.3 Å². The minimum atomic E-state index is -0.0560. The maximum absolute atomic E-state index is 11.8. The monoisotopic (exact) mass is 274 g/mol. The Morgan fingerprint density at radius 3 is 2.50 bits per heavy atom.